The maximum absolute atomic E-state index is 13.1. The summed E-state index contributed by atoms with van der Waals surface area (Å²) in [6.45, 7) is 4.75. The molecule has 1 aromatic heterocycles. The highest BCUT2D eigenvalue weighted by atomic mass is 16.6. The number of aromatic amines is 1. The van der Waals surface area contributed by atoms with Gasteiger partial charge in [0.1, 0.15) is 17.6 Å². The highest BCUT2D eigenvalue weighted by Gasteiger charge is 2.37. The van der Waals surface area contributed by atoms with Crippen LogP contribution in [-0.4, -0.2) is 71.6 Å². The summed E-state index contributed by atoms with van der Waals surface area (Å²) in [5, 5.41) is 27.9. The Morgan fingerprint density at radius 3 is 2.52 bits per heavy atom. The van der Waals surface area contributed by atoms with Crippen molar-refractivity contribution < 1.29 is 24.5 Å². The van der Waals surface area contributed by atoms with Gasteiger partial charge in [-0.2, -0.15) is 0 Å². The Balaban J connectivity index is 0.927. The molecule has 1 unspecified atom stereocenters. The molecule has 3 fully saturated rings. The van der Waals surface area contributed by atoms with Gasteiger partial charge in [0, 0.05) is 24.5 Å². The average Bonchev–Trinajstić information content (AvgIpc) is 3.11. The lowest BCUT2D eigenvalue weighted by Gasteiger charge is -2.43. The van der Waals surface area contributed by atoms with Crippen molar-refractivity contribution in [3.63, 3.8) is 0 Å². The van der Waals surface area contributed by atoms with Crippen LogP contribution in [0.4, 0.5) is 4.79 Å². The number of aromatic nitrogens is 1. The number of hydrogen-bond donors (Lipinski definition) is 5. The van der Waals surface area contributed by atoms with Crippen molar-refractivity contribution in [3.8, 4) is 11.5 Å². The van der Waals surface area contributed by atoms with Gasteiger partial charge in [-0.05, 0) is 92.2 Å². The van der Waals surface area contributed by atoms with E-state index in [0.717, 1.165) is 81.6 Å². The molecule has 4 aromatic rings. The molecule has 0 aliphatic carbocycles. The number of phenols is 1. The number of alkyl carbamates (subject to hydrolysis) is 1. The Hall–Kier alpha value is -4.38. The molecule has 5 N–H and O–H groups in total. The lowest BCUT2D eigenvalue weighted by atomic mass is 9.86. The third-order valence-corrected chi connectivity index (χ3v) is 9.56. The molecule has 0 saturated carbocycles. The highest BCUT2D eigenvalue weighted by Crippen LogP contribution is 2.31. The van der Waals surface area contributed by atoms with Crippen LogP contribution >= 0.6 is 0 Å². The predicted molar refractivity (Wildman–Crippen MR) is 185 cm³/mol. The first-order valence-corrected chi connectivity index (χ1v) is 17.2. The van der Waals surface area contributed by atoms with Gasteiger partial charge in [-0.1, -0.05) is 61.4 Å². The second kappa shape index (κ2) is 16.1. The minimum Gasteiger partial charge on any atom is -0.506 e. The van der Waals surface area contributed by atoms with Gasteiger partial charge in [0.05, 0.1) is 24.3 Å². The quantitative estimate of drug-likeness (QED) is 0.108. The van der Waals surface area contributed by atoms with Crippen LogP contribution in [0.25, 0.3) is 10.9 Å². The summed E-state index contributed by atoms with van der Waals surface area (Å²) < 4.78 is 12.1. The van der Waals surface area contributed by atoms with E-state index < -0.39 is 6.10 Å². The van der Waals surface area contributed by atoms with E-state index in [4.69, 9.17) is 9.47 Å². The van der Waals surface area contributed by atoms with E-state index in [0.29, 0.717) is 35.5 Å². The van der Waals surface area contributed by atoms with Crippen molar-refractivity contribution in [3.05, 3.63) is 106 Å². The monoisotopic (exact) mass is 654 g/mol. The van der Waals surface area contributed by atoms with Crippen molar-refractivity contribution in [2.45, 2.75) is 56.8 Å². The SMILES string of the molecule is O=C(NC(c1ccccc1)c1cccc(OCCCCCCNC[C@@H](O)c2ccc(O)c3[nH]c(=O)ccc23)c1)O[C@H]1CN2CCC1CC2. The Labute approximate surface area is 281 Å². The standard InChI is InChI=1S/C38H46N4O6/c43-32-15-13-30(31-14-16-35(45)40-37(31)32)33(44)24-39-19-6-1-2-7-22-47-29-12-8-11-28(23-29)36(27-9-4-3-5-10-27)41-38(46)48-34-25-42-20-17-26(34)18-21-42/h3-5,8-16,23,26,33-34,36,39,43-44H,1-2,6-7,17-22,24-25H2,(H,40,45)(H,41,46)/t33-,34+,36?/m1/s1. The van der Waals surface area contributed by atoms with Gasteiger partial charge in [-0.25, -0.2) is 4.79 Å². The number of carbonyl (C=O) groups excluding carboxylic acids is 1. The van der Waals surface area contributed by atoms with Crippen LogP contribution in [0.2, 0.25) is 0 Å². The number of benzene rings is 3. The fourth-order valence-electron chi connectivity index (χ4n) is 6.92. The number of hydrogen-bond acceptors (Lipinski definition) is 8. The number of pyridine rings is 1. The topological polar surface area (TPSA) is 136 Å². The number of carbonyl (C=O) groups is 1. The molecule has 3 saturated heterocycles. The summed E-state index contributed by atoms with van der Waals surface area (Å²) in [4.78, 5) is 29.8. The van der Waals surface area contributed by atoms with Crippen molar-refractivity contribution in [2.75, 3.05) is 39.3 Å². The van der Waals surface area contributed by atoms with Gasteiger partial charge in [0.25, 0.3) is 0 Å². The smallest absolute Gasteiger partial charge is 0.408 e. The molecular formula is C38H46N4O6. The van der Waals surface area contributed by atoms with Crippen LogP contribution in [-0.2, 0) is 4.74 Å². The molecule has 1 amide bonds. The Kier molecular flexibility index (Phi) is 11.3. The van der Waals surface area contributed by atoms with Crippen molar-refractivity contribution in [1.29, 1.82) is 0 Å². The van der Waals surface area contributed by atoms with E-state index in [1.807, 2.05) is 54.6 Å². The van der Waals surface area contributed by atoms with E-state index in [1.165, 1.54) is 12.1 Å². The predicted octanol–water partition coefficient (Wildman–Crippen LogP) is 5.41. The molecule has 0 spiro atoms. The van der Waals surface area contributed by atoms with E-state index in [1.54, 1.807) is 12.1 Å². The van der Waals surface area contributed by atoms with Gasteiger partial charge in [0.2, 0.25) is 5.56 Å². The molecule has 3 atom stereocenters. The van der Waals surface area contributed by atoms with Crippen LogP contribution in [0.1, 0.15) is 67.4 Å². The number of unbranched alkanes of at least 4 members (excludes halogenated alkanes) is 3. The zero-order valence-electron chi connectivity index (χ0n) is 27.3. The first-order chi connectivity index (χ1) is 23.4. The zero-order chi connectivity index (χ0) is 33.3. The molecule has 10 nitrogen and oxygen atoms in total. The summed E-state index contributed by atoms with van der Waals surface area (Å²) in [5.41, 5.74) is 2.60. The van der Waals surface area contributed by atoms with Crippen LogP contribution in [0.15, 0.2) is 83.7 Å². The van der Waals surface area contributed by atoms with E-state index in [9.17, 15) is 19.8 Å². The van der Waals surface area contributed by atoms with Crippen LogP contribution in [0.3, 0.4) is 0 Å². The fraction of sp³-hybridized carbons (Fsp3) is 0.421. The summed E-state index contributed by atoms with van der Waals surface area (Å²) in [6.07, 6.45) is 4.89. The Morgan fingerprint density at radius 2 is 1.73 bits per heavy atom. The molecule has 3 aliphatic rings. The van der Waals surface area contributed by atoms with Gasteiger partial charge in [-0.15, -0.1) is 0 Å². The van der Waals surface area contributed by atoms with E-state index >= 15 is 0 Å². The molecule has 2 bridgehead atoms. The number of fused-ring (bicyclic) bond motifs is 4. The lowest BCUT2D eigenvalue weighted by molar-refractivity contribution is -0.0336. The summed E-state index contributed by atoms with van der Waals surface area (Å²) in [6, 6.07) is 23.7. The fourth-order valence-corrected chi connectivity index (χ4v) is 6.92. The molecule has 10 heteroatoms. The number of phenolic OH excluding ortho intramolecular Hbond substituents is 1. The number of ether oxygens (including phenoxy) is 2. The molecule has 48 heavy (non-hydrogen) atoms. The highest BCUT2D eigenvalue weighted by molar-refractivity contribution is 5.87. The molecule has 3 aromatic carbocycles. The number of piperidine rings is 3. The van der Waals surface area contributed by atoms with Gasteiger partial charge in [-0.3, -0.25) is 9.69 Å². The second-order valence-corrected chi connectivity index (χ2v) is 12.9. The maximum Gasteiger partial charge on any atom is 0.408 e. The number of aromatic hydroxyl groups is 1. The van der Waals surface area contributed by atoms with E-state index in [-0.39, 0.29) is 29.5 Å². The number of nitrogens with zero attached hydrogens (tertiary/aromatic N) is 1. The Bertz CT molecular complexity index is 1700. The largest absolute Gasteiger partial charge is 0.506 e. The van der Waals surface area contributed by atoms with Crippen molar-refractivity contribution in [1.82, 2.24) is 20.5 Å². The number of rotatable bonds is 15. The lowest BCUT2D eigenvalue weighted by Crippen LogP contribution is -2.52. The number of amides is 1. The maximum atomic E-state index is 13.1. The van der Waals surface area contributed by atoms with Crippen molar-refractivity contribution in [2.24, 2.45) is 5.92 Å². The summed E-state index contributed by atoms with van der Waals surface area (Å²) in [7, 11) is 0. The van der Waals surface area contributed by atoms with Gasteiger partial charge in [0.15, 0.2) is 0 Å². The average molecular weight is 655 g/mol. The second-order valence-electron chi connectivity index (χ2n) is 12.9. The molecular weight excluding hydrogens is 608 g/mol. The van der Waals surface area contributed by atoms with Crippen molar-refractivity contribution >= 4 is 17.0 Å². The number of nitrogens with one attached hydrogen (secondary N) is 3. The zero-order valence-corrected chi connectivity index (χ0v) is 27.3. The molecule has 0 radical (unpaired) electrons. The summed E-state index contributed by atoms with van der Waals surface area (Å²) in [5.74, 6) is 1.19. The third kappa shape index (κ3) is 8.55. The molecule has 3 aliphatic heterocycles. The minimum absolute atomic E-state index is 0.0201. The third-order valence-electron chi connectivity index (χ3n) is 9.56. The van der Waals surface area contributed by atoms with Crippen LogP contribution in [0.5, 0.6) is 11.5 Å². The summed E-state index contributed by atoms with van der Waals surface area (Å²) >= 11 is 0. The van der Waals surface area contributed by atoms with Crippen LogP contribution < -0.4 is 20.9 Å². The normalized spacial score (nSPS) is 19.9. The first-order valence-electron chi connectivity index (χ1n) is 17.2. The molecule has 7 rings (SSSR count). The number of aliphatic hydroxyl groups excluding tert-OH is 1. The number of H-pyrrole nitrogens is 1. The van der Waals surface area contributed by atoms with E-state index in [2.05, 4.69) is 20.5 Å². The molecule has 254 valence electrons. The van der Waals surface area contributed by atoms with Gasteiger partial charge >= 0.3 is 6.09 Å². The Morgan fingerprint density at radius 1 is 0.938 bits per heavy atom. The minimum atomic E-state index is -0.768. The first kappa shape index (κ1) is 33.5. The number of aliphatic hydroxyl groups is 1. The van der Waals surface area contributed by atoms with Gasteiger partial charge < -0.3 is 35.3 Å². The van der Waals surface area contributed by atoms with Crippen LogP contribution in [0, 0.1) is 5.92 Å². The molecule has 4 heterocycles.